The van der Waals surface area contributed by atoms with Crippen LogP contribution in [-0.2, 0) is 34.1 Å². The molecule has 0 bridgehead atoms. The Labute approximate surface area is 169 Å². The number of thiophene rings is 1. The van der Waals surface area contributed by atoms with Crippen molar-refractivity contribution in [3.63, 3.8) is 0 Å². The molecule has 2 rings (SSSR count). The lowest BCUT2D eigenvalue weighted by atomic mass is 10.1. The Morgan fingerprint density at radius 1 is 1.00 bits per heavy atom. The molecule has 2 aromatic rings. The zero-order chi connectivity index (χ0) is 20.6. The second kappa shape index (κ2) is 10.4. The molecular formula is C17H23NO7S3. The number of methoxy groups -OCH3 is 1. The van der Waals surface area contributed by atoms with Gasteiger partial charge in [-0.1, -0.05) is 30.3 Å². The second-order valence-corrected chi connectivity index (χ2v) is 11.0. The van der Waals surface area contributed by atoms with Gasteiger partial charge in [0.15, 0.2) is 9.84 Å². The van der Waals surface area contributed by atoms with Crippen LogP contribution < -0.4 is 5.14 Å². The average Bonchev–Trinajstić information content (AvgIpc) is 3.16. The van der Waals surface area contributed by atoms with E-state index in [-0.39, 0.29) is 27.4 Å². The van der Waals surface area contributed by atoms with Crippen molar-refractivity contribution in [2.45, 2.75) is 20.9 Å². The summed E-state index contributed by atoms with van der Waals surface area (Å²) in [6, 6.07) is 11.7. The summed E-state index contributed by atoms with van der Waals surface area (Å²) < 4.78 is 63.6. The summed E-state index contributed by atoms with van der Waals surface area (Å²) in [6.07, 6.45) is -0.307. The van der Waals surface area contributed by atoms with Crippen molar-refractivity contribution in [3.8, 4) is 0 Å². The first-order valence-electron chi connectivity index (χ1n) is 8.32. The maximum atomic E-state index is 12.6. The summed E-state index contributed by atoms with van der Waals surface area (Å²) in [7, 11) is -6.05. The Bertz CT molecular complexity index is 940. The topological polar surface area (TPSA) is 122 Å². The molecule has 0 saturated carbocycles. The zero-order valence-electron chi connectivity index (χ0n) is 15.3. The molecule has 1 aromatic carbocycles. The molecule has 0 amide bonds. The Morgan fingerprint density at radius 2 is 1.68 bits per heavy atom. The van der Waals surface area contributed by atoms with Crippen LogP contribution in [0.15, 0.2) is 50.9 Å². The van der Waals surface area contributed by atoms with E-state index >= 15 is 0 Å². The van der Waals surface area contributed by atoms with Crippen molar-refractivity contribution in [1.29, 1.82) is 0 Å². The first kappa shape index (κ1) is 22.9. The number of nitrogens with two attached hydrogens (primary N) is 1. The molecule has 2 N–H and O–H groups in total. The van der Waals surface area contributed by atoms with Crippen LogP contribution in [0.3, 0.4) is 0 Å². The molecule has 1 heterocycles. The van der Waals surface area contributed by atoms with Gasteiger partial charge < -0.3 is 14.2 Å². The molecule has 0 radical (unpaired) electrons. The number of primary sulfonamides is 1. The third-order valence-corrected chi connectivity index (χ3v) is 8.60. The summed E-state index contributed by atoms with van der Waals surface area (Å²) in [6.45, 7) is 0.790. The Morgan fingerprint density at radius 3 is 2.29 bits per heavy atom. The van der Waals surface area contributed by atoms with E-state index in [0.717, 1.165) is 5.56 Å². The Hall–Kier alpha value is -1.34. The highest BCUT2D eigenvalue weighted by Crippen LogP contribution is 2.28. The van der Waals surface area contributed by atoms with Crippen molar-refractivity contribution < 1.29 is 31.0 Å². The highest BCUT2D eigenvalue weighted by Gasteiger charge is 2.23. The molecule has 28 heavy (non-hydrogen) atoms. The molecule has 0 aliphatic heterocycles. The van der Waals surface area contributed by atoms with Gasteiger partial charge in [0.25, 0.3) is 0 Å². The van der Waals surface area contributed by atoms with E-state index in [1.165, 1.54) is 12.1 Å². The van der Waals surface area contributed by atoms with Crippen LogP contribution in [-0.4, -0.2) is 49.7 Å². The summed E-state index contributed by atoms with van der Waals surface area (Å²) in [4.78, 5) is 0. The van der Waals surface area contributed by atoms with Gasteiger partial charge in [-0.3, -0.25) is 0 Å². The Kier molecular flexibility index (Phi) is 8.56. The summed E-state index contributed by atoms with van der Waals surface area (Å²) >= 11 is 0.641. The number of hydrogen-bond acceptors (Lipinski definition) is 8. The fraction of sp³-hybridized carbons (Fsp3) is 0.412. The van der Waals surface area contributed by atoms with E-state index in [0.29, 0.717) is 24.6 Å². The van der Waals surface area contributed by atoms with E-state index in [9.17, 15) is 16.8 Å². The monoisotopic (exact) mass is 449 g/mol. The first-order valence-corrected chi connectivity index (χ1v) is 12.3. The number of sulfonamides is 1. The fourth-order valence-electron chi connectivity index (χ4n) is 2.33. The van der Waals surface area contributed by atoms with E-state index < -0.39 is 26.0 Å². The van der Waals surface area contributed by atoms with Gasteiger partial charge in [-0.05, 0) is 24.1 Å². The highest BCUT2D eigenvalue weighted by molar-refractivity contribution is 7.95. The molecule has 0 spiro atoms. The van der Waals surface area contributed by atoms with Crippen LogP contribution >= 0.6 is 11.3 Å². The molecule has 1 atom stereocenters. The van der Waals surface area contributed by atoms with Crippen LogP contribution in [0.2, 0.25) is 0 Å². The number of sulfone groups is 1. The van der Waals surface area contributed by atoms with Crippen LogP contribution in [0.5, 0.6) is 0 Å². The first-order chi connectivity index (χ1) is 13.2. The standard InChI is InChI=1S/C17H23NO7S3/c1-23-10-11-24-13-25-15(14-5-3-2-4-6-14)9-12-27(19,20)16-7-8-17(26-16)28(18,21)22/h2-8,15H,9-13H2,1H3,(H2,18,21,22). The van der Waals surface area contributed by atoms with Crippen LogP contribution in [0.4, 0.5) is 0 Å². The molecule has 11 heteroatoms. The van der Waals surface area contributed by atoms with Crippen molar-refractivity contribution in [1.82, 2.24) is 0 Å². The van der Waals surface area contributed by atoms with Crippen LogP contribution in [0, 0.1) is 0 Å². The lowest BCUT2D eigenvalue weighted by Crippen LogP contribution is -2.15. The molecule has 0 aliphatic rings. The largest absolute Gasteiger partial charge is 0.382 e. The van der Waals surface area contributed by atoms with Gasteiger partial charge in [0.2, 0.25) is 10.0 Å². The maximum Gasteiger partial charge on any atom is 0.247 e. The SMILES string of the molecule is COCCOCOC(CCS(=O)(=O)c1ccc(S(N)(=O)=O)s1)c1ccccc1. The summed E-state index contributed by atoms with van der Waals surface area (Å²) in [5.41, 5.74) is 0.824. The van der Waals surface area contributed by atoms with Crippen molar-refractivity contribution in [2.24, 2.45) is 5.14 Å². The smallest absolute Gasteiger partial charge is 0.247 e. The maximum absolute atomic E-state index is 12.6. The molecular weight excluding hydrogens is 426 g/mol. The van der Waals surface area contributed by atoms with Gasteiger partial charge in [-0.2, -0.15) is 0 Å². The predicted octanol–water partition coefficient (Wildman–Crippen LogP) is 1.94. The van der Waals surface area contributed by atoms with Gasteiger partial charge in [-0.25, -0.2) is 22.0 Å². The van der Waals surface area contributed by atoms with Gasteiger partial charge in [0.1, 0.15) is 15.2 Å². The van der Waals surface area contributed by atoms with E-state index in [1.54, 1.807) is 7.11 Å². The third kappa shape index (κ3) is 6.92. The number of rotatable bonds is 12. The van der Waals surface area contributed by atoms with E-state index in [2.05, 4.69) is 0 Å². The zero-order valence-corrected chi connectivity index (χ0v) is 17.8. The van der Waals surface area contributed by atoms with Crippen LogP contribution in [0.25, 0.3) is 0 Å². The number of hydrogen-bond donors (Lipinski definition) is 1. The minimum absolute atomic E-state index is 0.00244. The number of benzene rings is 1. The van der Waals surface area contributed by atoms with Crippen LogP contribution in [0.1, 0.15) is 18.1 Å². The van der Waals surface area contributed by atoms with Gasteiger partial charge >= 0.3 is 0 Å². The molecule has 1 aromatic heterocycles. The minimum atomic E-state index is -3.93. The van der Waals surface area contributed by atoms with Gasteiger partial charge in [-0.15, -0.1) is 11.3 Å². The van der Waals surface area contributed by atoms with Crippen molar-refractivity contribution in [2.75, 3.05) is 32.9 Å². The lowest BCUT2D eigenvalue weighted by molar-refractivity contribution is -0.0996. The average molecular weight is 450 g/mol. The molecule has 0 saturated heterocycles. The number of ether oxygens (including phenoxy) is 3. The quantitative estimate of drug-likeness (QED) is 0.388. The summed E-state index contributed by atoms with van der Waals surface area (Å²) in [5, 5.41) is 5.05. The van der Waals surface area contributed by atoms with Crippen molar-refractivity contribution >= 4 is 31.2 Å². The van der Waals surface area contributed by atoms with Gasteiger partial charge in [0, 0.05) is 7.11 Å². The second-order valence-electron chi connectivity index (χ2n) is 5.81. The van der Waals surface area contributed by atoms with E-state index in [4.69, 9.17) is 19.3 Å². The van der Waals surface area contributed by atoms with Gasteiger partial charge in [0.05, 0.1) is 25.1 Å². The van der Waals surface area contributed by atoms with E-state index in [1.807, 2.05) is 30.3 Å². The summed E-state index contributed by atoms with van der Waals surface area (Å²) in [5.74, 6) is -0.213. The normalized spacial score (nSPS) is 13.5. The third-order valence-electron chi connectivity index (χ3n) is 3.75. The molecule has 156 valence electrons. The highest BCUT2D eigenvalue weighted by atomic mass is 32.3. The van der Waals surface area contributed by atoms with Crippen molar-refractivity contribution in [3.05, 3.63) is 48.0 Å². The predicted molar refractivity (Wildman–Crippen MR) is 105 cm³/mol. The lowest BCUT2D eigenvalue weighted by Gasteiger charge is -2.18. The molecule has 0 aliphatic carbocycles. The molecule has 8 nitrogen and oxygen atoms in total. The minimum Gasteiger partial charge on any atom is -0.382 e. The molecule has 1 unspecified atom stereocenters. The Balaban J connectivity index is 2.05. The fourth-order valence-corrected chi connectivity index (χ4v) is 5.98. The molecule has 0 fully saturated rings.